The van der Waals surface area contributed by atoms with Crippen molar-refractivity contribution in [2.24, 2.45) is 0 Å². The number of carboxylic acid groups (broad SMARTS) is 1. The molecule has 4 heteroatoms. The Balaban J connectivity index is 2.59. The number of benzene rings is 1. The second-order valence-corrected chi connectivity index (χ2v) is 3.35. The first-order valence-electron chi connectivity index (χ1n) is 3.86. The Morgan fingerprint density at radius 2 is 1.92 bits per heavy atom. The Morgan fingerprint density at radius 3 is 2.38 bits per heavy atom. The maximum atomic E-state index is 10.4. The molecule has 1 aromatic rings. The molecule has 0 bridgehead atoms. The molecule has 1 rings (SSSR count). The predicted octanol–water partition coefficient (Wildman–Crippen LogP) is 1.62. The van der Waals surface area contributed by atoms with Crippen molar-refractivity contribution in [3.8, 4) is 0 Å². The maximum Gasteiger partial charge on any atom is 0.303 e. The van der Waals surface area contributed by atoms with Crippen molar-refractivity contribution >= 4 is 19.7 Å². The Labute approximate surface area is 77.6 Å². The molecule has 0 aliphatic heterocycles. The lowest BCUT2D eigenvalue weighted by Crippen LogP contribution is -1.98. The fraction of sp³-hybridized carbons (Fsp3) is 0.222. The summed E-state index contributed by atoms with van der Waals surface area (Å²) in [6.07, 6.45) is 0.653. The number of carbonyl (C=O) groups is 1. The average Bonchev–Trinajstić information content (AvgIpc) is 2.15. The monoisotopic (exact) mass is 196 g/mol. The fourth-order valence-corrected chi connectivity index (χ4v) is 1.25. The molecule has 0 unspecified atom stereocenters. The van der Waals surface area contributed by atoms with Gasteiger partial charge in [-0.05, 0) is 24.1 Å². The number of hydrogen-bond donors (Lipinski definition) is 1. The molecule has 1 N–H and O–H groups in total. The molecule has 68 valence electrons. The SMILES string of the molecule is O=Pc1ccc(CCC(=O)O)cc1. The lowest BCUT2D eigenvalue weighted by molar-refractivity contribution is -0.136. The van der Waals surface area contributed by atoms with Crippen LogP contribution in [0.3, 0.4) is 0 Å². The van der Waals surface area contributed by atoms with Crippen LogP contribution in [0, 0.1) is 0 Å². The van der Waals surface area contributed by atoms with Crippen LogP contribution in [0.5, 0.6) is 0 Å². The van der Waals surface area contributed by atoms with Gasteiger partial charge in [-0.2, -0.15) is 0 Å². The molecule has 0 atom stereocenters. The minimum absolute atomic E-state index is 0.00348. The molecule has 0 aliphatic carbocycles. The van der Waals surface area contributed by atoms with Gasteiger partial charge in [-0.15, -0.1) is 0 Å². The first-order chi connectivity index (χ1) is 6.22. The molecule has 1 aromatic carbocycles. The normalized spacial score (nSPS) is 10.2. The van der Waals surface area contributed by atoms with Crippen LogP contribution in [0.1, 0.15) is 12.0 Å². The van der Waals surface area contributed by atoms with Gasteiger partial charge in [0, 0.05) is 11.7 Å². The minimum atomic E-state index is -0.800. The molecule has 3 nitrogen and oxygen atoms in total. The summed E-state index contributed by atoms with van der Waals surface area (Å²) < 4.78 is 10.4. The van der Waals surface area contributed by atoms with E-state index in [9.17, 15) is 9.36 Å². The van der Waals surface area contributed by atoms with Crippen LogP contribution in [0.25, 0.3) is 0 Å². The Kier molecular flexibility index (Phi) is 3.59. The Hall–Kier alpha value is -1.21. The van der Waals surface area contributed by atoms with E-state index in [0.717, 1.165) is 5.56 Å². The van der Waals surface area contributed by atoms with E-state index in [0.29, 0.717) is 11.7 Å². The van der Waals surface area contributed by atoms with E-state index in [4.69, 9.17) is 5.11 Å². The highest BCUT2D eigenvalue weighted by atomic mass is 31.1. The summed E-state index contributed by atoms with van der Waals surface area (Å²) in [5.41, 5.74) is 0.954. The van der Waals surface area contributed by atoms with E-state index < -0.39 is 5.97 Å². The van der Waals surface area contributed by atoms with E-state index in [1.54, 1.807) is 24.3 Å². The summed E-state index contributed by atoms with van der Waals surface area (Å²) in [4.78, 5) is 10.2. The van der Waals surface area contributed by atoms with Gasteiger partial charge in [0.05, 0.1) is 0 Å². The highest BCUT2D eigenvalue weighted by Gasteiger charge is 1.98. The largest absolute Gasteiger partial charge is 0.481 e. The van der Waals surface area contributed by atoms with Crippen LogP contribution in [-0.2, 0) is 15.8 Å². The van der Waals surface area contributed by atoms with Gasteiger partial charge in [-0.25, -0.2) is 0 Å². The van der Waals surface area contributed by atoms with Gasteiger partial charge in [0.2, 0.25) is 0 Å². The molecule has 0 amide bonds. The third-order valence-corrected chi connectivity index (χ3v) is 2.18. The molecule has 0 spiro atoms. The molecule has 13 heavy (non-hydrogen) atoms. The van der Waals surface area contributed by atoms with Crippen molar-refractivity contribution in [1.29, 1.82) is 0 Å². The second-order valence-electron chi connectivity index (χ2n) is 2.65. The van der Waals surface area contributed by atoms with Gasteiger partial charge in [-0.3, -0.25) is 9.36 Å². The number of hydrogen-bond acceptors (Lipinski definition) is 2. The number of carboxylic acids is 1. The lowest BCUT2D eigenvalue weighted by Gasteiger charge is -1.97. The second kappa shape index (κ2) is 4.73. The van der Waals surface area contributed by atoms with Gasteiger partial charge in [0.1, 0.15) is 0 Å². The number of aliphatic carboxylic acids is 1. The molecule has 0 saturated carbocycles. The average molecular weight is 196 g/mol. The molecule has 0 radical (unpaired) electrons. The van der Waals surface area contributed by atoms with Crippen LogP contribution < -0.4 is 5.30 Å². The zero-order valence-electron chi connectivity index (χ0n) is 6.93. The Morgan fingerprint density at radius 1 is 1.31 bits per heavy atom. The van der Waals surface area contributed by atoms with Crippen molar-refractivity contribution in [2.75, 3.05) is 0 Å². The summed E-state index contributed by atoms with van der Waals surface area (Å²) in [5.74, 6) is -0.800. The zero-order chi connectivity index (χ0) is 9.68. The first-order valence-corrected chi connectivity index (χ1v) is 4.67. The number of rotatable bonds is 4. The van der Waals surface area contributed by atoms with Crippen LogP contribution in [0.2, 0.25) is 0 Å². The van der Waals surface area contributed by atoms with Crippen molar-refractivity contribution in [2.45, 2.75) is 12.8 Å². The van der Waals surface area contributed by atoms with Gasteiger partial charge >= 0.3 is 5.97 Å². The van der Waals surface area contributed by atoms with Gasteiger partial charge < -0.3 is 5.11 Å². The Bertz CT molecular complexity index is 305. The first kappa shape index (κ1) is 9.87. The van der Waals surface area contributed by atoms with E-state index >= 15 is 0 Å². The van der Waals surface area contributed by atoms with Gasteiger partial charge in [-0.1, -0.05) is 12.1 Å². The summed E-state index contributed by atoms with van der Waals surface area (Å²) in [6.45, 7) is 0. The van der Waals surface area contributed by atoms with Crippen LogP contribution in [-0.4, -0.2) is 11.1 Å². The van der Waals surface area contributed by atoms with Crippen LogP contribution in [0.15, 0.2) is 24.3 Å². The maximum absolute atomic E-state index is 10.4. The fourth-order valence-electron chi connectivity index (χ4n) is 0.975. The van der Waals surface area contributed by atoms with E-state index in [1.165, 1.54) is 0 Å². The summed E-state index contributed by atoms with van der Waals surface area (Å²) >= 11 is 0. The third-order valence-electron chi connectivity index (χ3n) is 1.67. The quantitative estimate of drug-likeness (QED) is 0.744. The highest BCUT2D eigenvalue weighted by molar-refractivity contribution is 7.34. The standard InChI is InChI=1S/C9H9O3P/c10-9(11)6-3-7-1-4-8(13-12)5-2-7/h1-2,4-5H,3,6H2,(H,10,11). The van der Waals surface area contributed by atoms with Crippen molar-refractivity contribution in [1.82, 2.24) is 0 Å². The molecule has 0 saturated heterocycles. The van der Waals surface area contributed by atoms with E-state index in [1.807, 2.05) is 0 Å². The predicted molar refractivity (Wildman–Crippen MR) is 49.6 cm³/mol. The van der Waals surface area contributed by atoms with E-state index in [2.05, 4.69) is 0 Å². The third kappa shape index (κ3) is 3.34. The molecule has 0 aliphatic rings. The molecular weight excluding hydrogens is 187 g/mol. The molecule has 0 heterocycles. The lowest BCUT2D eigenvalue weighted by atomic mass is 10.1. The van der Waals surface area contributed by atoms with Gasteiger partial charge in [0.15, 0.2) is 8.46 Å². The molecule has 0 aromatic heterocycles. The molecule has 0 fully saturated rings. The van der Waals surface area contributed by atoms with Crippen molar-refractivity contribution < 1.29 is 14.5 Å². The van der Waals surface area contributed by atoms with Crippen molar-refractivity contribution in [3.05, 3.63) is 29.8 Å². The summed E-state index contributed by atoms with van der Waals surface area (Å²) in [7, 11) is -0.00348. The number of aryl methyl sites for hydroxylation is 1. The van der Waals surface area contributed by atoms with Crippen molar-refractivity contribution in [3.63, 3.8) is 0 Å². The van der Waals surface area contributed by atoms with E-state index in [-0.39, 0.29) is 14.9 Å². The summed E-state index contributed by atoms with van der Waals surface area (Å²) in [5, 5.41) is 9.13. The van der Waals surface area contributed by atoms with Crippen LogP contribution >= 0.6 is 8.46 Å². The van der Waals surface area contributed by atoms with Gasteiger partial charge in [0.25, 0.3) is 0 Å². The zero-order valence-corrected chi connectivity index (χ0v) is 7.83. The smallest absolute Gasteiger partial charge is 0.303 e. The molecular formula is C9H9O3P. The summed E-state index contributed by atoms with van der Waals surface area (Å²) in [6, 6.07) is 7.05. The highest BCUT2D eigenvalue weighted by Crippen LogP contribution is 2.04. The van der Waals surface area contributed by atoms with Crippen LogP contribution in [0.4, 0.5) is 0 Å². The topological polar surface area (TPSA) is 54.4 Å². The minimum Gasteiger partial charge on any atom is -0.481 e.